The zero-order valence-corrected chi connectivity index (χ0v) is 26.3. The fourth-order valence-corrected chi connectivity index (χ4v) is 5.74. The molecule has 0 aliphatic heterocycles. The van der Waals surface area contributed by atoms with E-state index in [1.165, 1.54) is 103 Å². The summed E-state index contributed by atoms with van der Waals surface area (Å²) in [5.41, 5.74) is 0. The van der Waals surface area contributed by atoms with E-state index in [2.05, 4.69) is 31.3 Å². The Kier molecular flexibility index (Phi) is 26.6. The van der Waals surface area contributed by atoms with Crippen LogP contribution in [0.3, 0.4) is 0 Å². The zero-order valence-electron chi connectivity index (χ0n) is 25.5. The molecular weight excluding hydrogens is 510 g/mol. The molecule has 6 nitrogen and oxygen atoms in total. The largest absolute Gasteiger partial charge is 0.391 e. The van der Waals surface area contributed by atoms with Crippen LogP contribution >= 0.6 is 0 Å². The molecular formula is C32H63NO5S. The van der Waals surface area contributed by atoms with Crippen LogP contribution in [-0.4, -0.2) is 41.9 Å². The highest BCUT2D eigenvalue weighted by Crippen LogP contribution is 2.14. The van der Waals surface area contributed by atoms with Crippen molar-refractivity contribution in [1.29, 1.82) is 0 Å². The molecule has 2 atom stereocenters. The summed E-state index contributed by atoms with van der Waals surface area (Å²) in [5, 5.41) is 13.2. The van der Waals surface area contributed by atoms with E-state index in [1.807, 2.05) is 0 Å². The van der Waals surface area contributed by atoms with Gasteiger partial charge in [-0.25, -0.2) is 0 Å². The lowest BCUT2D eigenvalue weighted by atomic mass is 10.0. The van der Waals surface area contributed by atoms with E-state index in [0.717, 1.165) is 38.5 Å². The second-order valence-electron chi connectivity index (χ2n) is 11.4. The summed E-state index contributed by atoms with van der Waals surface area (Å²) >= 11 is 0. The van der Waals surface area contributed by atoms with Gasteiger partial charge in [0.05, 0.1) is 17.9 Å². The first-order valence-electron chi connectivity index (χ1n) is 16.4. The van der Waals surface area contributed by atoms with Gasteiger partial charge in [0.15, 0.2) is 0 Å². The standard InChI is InChI=1S/C32H63NO5S/c1-3-5-7-9-11-12-13-14-15-16-17-18-19-20-22-24-26-28-32(35)33-30(29-39(36,37)38)31(34)27-25-23-21-10-8-6-4-2/h14-15,30-31,34H,3-13,16-29H2,1-2H3,(H,33,35)(H,36,37,38)/b15-14-. The van der Waals surface area contributed by atoms with E-state index in [4.69, 9.17) is 0 Å². The average molecular weight is 574 g/mol. The summed E-state index contributed by atoms with van der Waals surface area (Å²) in [6, 6.07) is -0.965. The molecule has 0 spiro atoms. The maximum absolute atomic E-state index is 12.4. The Morgan fingerprint density at radius 1 is 0.667 bits per heavy atom. The fourth-order valence-electron chi connectivity index (χ4n) is 4.98. The molecule has 0 saturated heterocycles. The van der Waals surface area contributed by atoms with Crippen molar-refractivity contribution in [2.75, 3.05) is 5.75 Å². The van der Waals surface area contributed by atoms with Gasteiger partial charge in [-0.3, -0.25) is 9.35 Å². The van der Waals surface area contributed by atoms with Crippen LogP contribution in [0.4, 0.5) is 0 Å². The van der Waals surface area contributed by atoms with Gasteiger partial charge >= 0.3 is 0 Å². The SMILES string of the molecule is CCCCCCCC/C=C\CCCCCCCCCC(=O)NC(CS(=O)(=O)O)C(O)CCCCCCCCC. The third-order valence-electron chi connectivity index (χ3n) is 7.47. The van der Waals surface area contributed by atoms with Crippen molar-refractivity contribution in [2.45, 2.75) is 180 Å². The Morgan fingerprint density at radius 3 is 1.54 bits per heavy atom. The van der Waals surface area contributed by atoms with Gasteiger partial charge < -0.3 is 10.4 Å². The monoisotopic (exact) mass is 573 g/mol. The Morgan fingerprint density at radius 2 is 1.08 bits per heavy atom. The molecule has 0 radical (unpaired) electrons. The number of hydrogen-bond donors (Lipinski definition) is 3. The van der Waals surface area contributed by atoms with Crippen molar-refractivity contribution >= 4 is 16.0 Å². The predicted octanol–water partition coefficient (Wildman–Crippen LogP) is 8.68. The number of hydrogen-bond acceptors (Lipinski definition) is 4. The van der Waals surface area contributed by atoms with Gasteiger partial charge in [0.1, 0.15) is 0 Å². The molecule has 2 unspecified atom stereocenters. The van der Waals surface area contributed by atoms with Gasteiger partial charge in [0, 0.05) is 6.42 Å². The van der Waals surface area contributed by atoms with Crippen molar-refractivity contribution in [3.63, 3.8) is 0 Å². The summed E-state index contributed by atoms with van der Waals surface area (Å²) in [6.07, 6.45) is 30.3. The smallest absolute Gasteiger partial charge is 0.266 e. The van der Waals surface area contributed by atoms with Crippen molar-refractivity contribution in [2.24, 2.45) is 0 Å². The minimum atomic E-state index is -4.29. The molecule has 0 bridgehead atoms. The van der Waals surface area contributed by atoms with E-state index < -0.39 is 28.0 Å². The van der Waals surface area contributed by atoms with Gasteiger partial charge in [-0.2, -0.15) is 8.42 Å². The van der Waals surface area contributed by atoms with Crippen LogP contribution < -0.4 is 5.32 Å². The molecule has 0 fully saturated rings. The Bertz CT molecular complexity index is 680. The van der Waals surface area contributed by atoms with E-state index in [9.17, 15) is 22.9 Å². The first kappa shape index (κ1) is 38.1. The Balaban J connectivity index is 3.88. The topological polar surface area (TPSA) is 104 Å². The Labute approximate surface area is 241 Å². The van der Waals surface area contributed by atoms with E-state index >= 15 is 0 Å². The van der Waals surface area contributed by atoms with Crippen LogP contribution in [0.15, 0.2) is 12.2 Å². The highest BCUT2D eigenvalue weighted by atomic mass is 32.2. The summed E-state index contributed by atoms with van der Waals surface area (Å²) < 4.78 is 32.1. The summed E-state index contributed by atoms with van der Waals surface area (Å²) in [5.74, 6) is -0.903. The van der Waals surface area contributed by atoms with Gasteiger partial charge in [0.2, 0.25) is 5.91 Å². The number of carbonyl (C=O) groups excluding carboxylic acids is 1. The molecule has 0 saturated carbocycles. The summed E-state index contributed by atoms with van der Waals surface area (Å²) in [6.45, 7) is 4.44. The molecule has 0 aromatic carbocycles. The van der Waals surface area contributed by atoms with Crippen LogP contribution in [0.5, 0.6) is 0 Å². The zero-order chi connectivity index (χ0) is 29.0. The minimum Gasteiger partial charge on any atom is -0.391 e. The van der Waals surface area contributed by atoms with Crippen LogP contribution in [0.1, 0.15) is 168 Å². The number of aliphatic hydroxyl groups is 1. The molecule has 0 aliphatic carbocycles. The van der Waals surface area contributed by atoms with Crippen molar-refractivity contribution < 1.29 is 22.9 Å². The molecule has 0 aromatic rings. The number of aliphatic hydroxyl groups excluding tert-OH is 1. The minimum absolute atomic E-state index is 0.255. The molecule has 39 heavy (non-hydrogen) atoms. The van der Waals surface area contributed by atoms with Gasteiger partial charge in [-0.05, 0) is 38.5 Å². The number of rotatable bonds is 29. The van der Waals surface area contributed by atoms with E-state index in [1.54, 1.807) is 0 Å². The second-order valence-corrected chi connectivity index (χ2v) is 12.9. The molecule has 0 aromatic heterocycles. The molecule has 1 amide bonds. The number of amides is 1. The van der Waals surface area contributed by atoms with Crippen LogP contribution in [0, 0.1) is 0 Å². The third kappa shape index (κ3) is 28.4. The summed E-state index contributed by atoms with van der Waals surface area (Å²) in [7, 11) is -4.29. The first-order chi connectivity index (χ1) is 18.8. The van der Waals surface area contributed by atoms with Gasteiger partial charge in [-0.15, -0.1) is 0 Å². The maximum atomic E-state index is 12.4. The molecule has 0 aliphatic rings. The van der Waals surface area contributed by atoms with Gasteiger partial charge in [0.25, 0.3) is 10.1 Å². The van der Waals surface area contributed by atoms with E-state index in [0.29, 0.717) is 12.8 Å². The van der Waals surface area contributed by atoms with Crippen molar-refractivity contribution in [1.82, 2.24) is 5.32 Å². The molecule has 0 rings (SSSR count). The highest BCUT2D eigenvalue weighted by molar-refractivity contribution is 7.85. The molecule has 232 valence electrons. The second kappa shape index (κ2) is 27.3. The van der Waals surface area contributed by atoms with Crippen LogP contribution in [-0.2, 0) is 14.9 Å². The van der Waals surface area contributed by atoms with Gasteiger partial charge in [-0.1, -0.05) is 135 Å². The lowest BCUT2D eigenvalue weighted by molar-refractivity contribution is -0.122. The summed E-state index contributed by atoms with van der Waals surface area (Å²) in [4.78, 5) is 12.4. The number of carbonyl (C=O) groups is 1. The molecule has 0 heterocycles. The lowest BCUT2D eigenvalue weighted by Crippen LogP contribution is -2.47. The van der Waals surface area contributed by atoms with Crippen molar-refractivity contribution in [3.05, 3.63) is 12.2 Å². The average Bonchev–Trinajstić information content (AvgIpc) is 2.88. The number of unbranched alkanes of at least 4 members (excludes halogenated alkanes) is 19. The van der Waals surface area contributed by atoms with E-state index in [-0.39, 0.29) is 5.91 Å². The molecule has 3 N–H and O–H groups in total. The van der Waals surface area contributed by atoms with Crippen molar-refractivity contribution in [3.8, 4) is 0 Å². The molecule has 7 heteroatoms. The predicted molar refractivity (Wildman–Crippen MR) is 166 cm³/mol. The maximum Gasteiger partial charge on any atom is 0.266 e. The fraction of sp³-hybridized carbons (Fsp3) is 0.906. The third-order valence-corrected chi connectivity index (χ3v) is 8.25. The van der Waals surface area contributed by atoms with Crippen LogP contribution in [0.25, 0.3) is 0 Å². The highest BCUT2D eigenvalue weighted by Gasteiger charge is 2.26. The quantitative estimate of drug-likeness (QED) is 0.0472. The Hall–Kier alpha value is -0.920. The normalized spacial score (nSPS) is 13.6. The number of nitrogens with one attached hydrogen (secondary N) is 1. The lowest BCUT2D eigenvalue weighted by Gasteiger charge is -2.23. The number of allylic oxidation sites excluding steroid dienone is 2. The first-order valence-corrected chi connectivity index (χ1v) is 18.0. The van der Waals surface area contributed by atoms with Crippen LogP contribution in [0.2, 0.25) is 0 Å².